The van der Waals surface area contributed by atoms with Crippen LogP contribution in [-0.2, 0) is 5.92 Å². The maximum Gasteiger partial charge on any atom is 0.285 e. The summed E-state index contributed by atoms with van der Waals surface area (Å²) in [7, 11) is 0. The Morgan fingerprint density at radius 3 is 2.29 bits per heavy atom. The molecule has 0 spiro atoms. The fourth-order valence-corrected chi connectivity index (χ4v) is 1.33. The van der Waals surface area contributed by atoms with Crippen molar-refractivity contribution in [1.82, 2.24) is 5.32 Å². The lowest BCUT2D eigenvalue weighted by molar-refractivity contribution is -0.0242. The quantitative estimate of drug-likeness (QED) is 0.703. The molecule has 3 nitrogen and oxygen atoms in total. The number of rotatable bonds is 6. The van der Waals surface area contributed by atoms with Gasteiger partial charge >= 0.3 is 0 Å². The zero-order valence-corrected chi connectivity index (χ0v) is 9.66. The summed E-state index contributed by atoms with van der Waals surface area (Å²) in [5, 5.41) is 20.7. The van der Waals surface area contributed by atoms with Gasteiger partial charge in [0.25, 0.3) is 5.92 Å². The average Bonchev–Trinajstić information content (AvgIpc) is 2.30. The molecule has 1 aromatic carbocycles. The Labute approximate surface area is 99.1 Å². The van der Waals surface area contributed by atoms with E-state index < -0.39 is 24.7 Å². The van der Waals surface area contributed by atoms with E-state index in [0.29, 0.717) is 0 Å². The van der Waals surface area contributed by atoms with Crippen LogP contribution in [0.5, 0.6) is 0 Å². The second-order valence-corrected chi connectivity index (χ2v) is 4.33. The fourth-order valence-electron chi connectivity index (χ4n) is 1.33. The summed E-state index contributed by atoms with van der Waals surface area (Å²) in [6.07, 6.45) is 0. The molecule has 0 aromatic heterocycles. The molecule has 17 heavy (non-hydrogen) atoms. The molecule has 0 amide bonds. The topological polar surface area (TPSA) is 52.5 Å². The van der Waals surface area contributed by atoms with Gasteiger partial charge in [-0.1, -0.05) is 30.3 Å². The lowest BCUT2D eigenvalue weighted by atomic mass is 10.1. The van der Waals surface area contributed by atoms with E-state index in [1.165, 1.54) is 19.1 Å². The third-order valence-electron chi connectivity index (χ3n) is 2.39. The third kappa shape index (κ3) is 4.38. The molecule has 1 atom stereocenters. The SMILES string of the molecule is CC(O)(CO)CNCC(F)(F)c1ccccc1. The Morgan fingerprint density at radius 2 is 1.76 bits per heavy atom. The summed E-state index contributed by atoms with van der Waals surface area (Å²) in [5.74, 6) is -2.99. The van der Waals surface area contributed by atoms with Crippen molar-refractivity contribution in [2.24, 2.45) is 0 Å². The first-order valence-electron chi connectivity index (χ1n) is 5.35. The van der Waals surface area contributed by atoms with Crippen molar-refractivity contribution in [3.63, 3.8) is 0 Å². The number of benzene rings is 1. The van der Waals surface area contributed by atoms with Gasteiger partial charge < -0.3 is 15.5 Å². The monoisotopic (exact) mass is 245 g/mol. The van der Waals surface area contributed by atoms with Crippen LogP contribution in [0, 0.1) is 0 Å². The molecule has 0 radical (unpaired) electrons. The number of nitrogens with one attached hydrogen (secondary N) is 1. The summed E-state index contributed by atoms with van der Waals surface area (Å²) < 4.78 is 27.3. The molecule has 1 rings (SSSR count). The number of hydrogen-bond donors (Lipinski definition) is 3. The summed E-state index contributed by atoms with van der Waals surface area (Å²) in [6, 6.07) is 7.47. The van der Waals surface area contributed by atoms with E-state index in [1.807, 2.05) is 0 Å². The first kappa shape index (κ1) is 14.0. The highest BCUT2D eigenvalue weighted by molar-refractivity contribution is 5.20. The Bertz CT molecular complexity index is 342. The van der Waals surface area contributed by atoms with E-state index in [2.05, 4.69) is 5.32 Å². The van der Waals surface area contributed by atoms with E-state index in [4.69, 9.17) is 5.11 Å². The van der Waals surface area contributed by atoms with Gasteiger partial charge in [-0.3, -0.25) is 0 Å². The molecular weight excluding hydrogens is 228 g/mol. The highest BCUT2D eigenvalue weighted by atomic mass is 19.3. The number of aliphatic hydroxyl groups excluding tert-OH is 1. The smallest absolute Gasteiger partial charge is 0.285 e. The van der Waals surface area contributed by atoms with E-state index in [-0.39, 0.29) is 12.1 Å². The van der Waals surface area contributed by atoms with Gasteiger partial charge in [0.2, 0.25) is 0 Å². The van der Waals surface area contributed by atoms with Crippen LogP contribution in [0.25, 0.3) is 0 Å². The van der Waals surface area contributed by atoms with Gasteiger partial charge in [0.1, 0.15) is 0 Å². The molecule has 1 unspecified atom stereocenters. The second kappa shape index (κ2) is 5.53. The molecule has 0 fully saturated rings. The summed E-state index contributed by atoms with van der Waals surface area (Å²) in [6.45, 7) is 0.233. The molecule has 5 heteroatoms. The van der Waals surface area contributed by atoms with Crippen LogP contribution >= 0.6 is 0 Å². The maximum absolute atomic E-state index is 13.6. The van der Waals surface area contributed by atoms with Gasteiger partial charge in [0.15, 0.2) is 0 Å². The number of alkyl halides is 2. The first-order chi connectivity index (χ1) is 7.87. The van der Waals surface area contributed by atoms with Gasteiger partial charge in [-0.05, 0) is 6.92 Å². The van der Waals surface area contributed by atoms with Gasteiger partial charge in [0, 0.05) is 12.1 Å². The molecule has 0 bridgehead atoms. The Hall–Kier alpha value is -1.04. The van der Waals surface area contributed by atoms with Crippen molar-refractivity contribution < 1.29 is 19.0 Å². The maximum atomic E-state index is 13.6. The van der Waals surface area contributed by atoms with Crippen molar-refractivity contribution >= 4 is 0 Å². The standard InChI is InChI=1S/C12H17F2NO2/c1-11(17,9-16)7-15-8-12(13,14)10-5-3-2-4-6-10/h2-6,15-17H,7-9H2,1H3. The van der Waals surface area contributed by atoms with Gasteiger partial charge in [-0.25, -0.2) is 0 Å². The largest absolute Gasteiger partial charge is 0.393 e. The predicted octanol–water partition coefficient (Wildman–Crippen LogP) is 1.11. The van der Waals surface area contributed by atoms with Crippen LogP contribution in [0.15, 0.2) is 30.3 Å². The lowest BCUT2D eigenvalue weighted by Crippen LogP contribution is -2.44. The average molecular weight is 245 g/mol. The molecular formula is C12H17F2NO2. The molecule has 3 N–H and O–H groups in total. The molecule has 96 valence electrons. The second-order valence-electron chi connectivity index (χ2n) is 4.33. The minimum Gasteiger partial charge on any atom is -0.393 e. The van der Waals surface area contributed by atoms with Gasteiger partial charge in [-0.2, -0.15) is 8.78 Å². The van der Waals surface area contributed by atoms with Crippen LogP contribution in [0.1, 0.15) is 12.5 Å². The van der Waals surface area contributed by atoms with Crippen molar-refractivity contribution in [1.29, 1.82) is 0 Å². The predicted molar refractivity (Wildman–Crippen MR) is 60.9 cm³/mol. The Kier molecular flexibility index (Phi) is 4.56. The minimum atomic E-state index is -2.99. The van der Waals surface area contributed by atoms with E-state index >= 15 is 0 Å². The zero-order chi connectivity index (χ0) is 12.9. The van der Waals surface area contributed by atoms with E-state index in [1.54, 1.807) is 18.2 Å². The molecule has 0 aliphatic heterocycles. The highest BCUT2D eigenvalue weighted by Gasteiger charge is 2.31. The lowest BCUT2D eigenvalue weighted by Gasteiger charge is -2.23. The minimum absolute atomic E-state index is 0.0730. The van der Waals surface area contributed by atoms with Gasteiger partial charge in [-0.15, -0.1) is 0 Å². The van der Waals surface area contributed by atoms with Crippen molar-refractivity contribution in [2.75, 3.05) is 19.7 Å². The van der Waals surface area contributed by atoms with E-state index in [0.717, 1.165) is 0 Å². The van der Waals surface area contributed by atoms with Crippen molar-refractivity contribution in [3.8, 4) is 0 Å². The fraction of sp³-hybridized carbons (Fsp3) is 0.500. The van der Waals surface area contributed by atoms with Crippen LogP contribution < -0.4 is 5.32 Å². The molecule has 0 saturated heterocycles. The molecule has 0 saturated carbocycles. The summed E-state index contributed by atoms with van der Waals surface area (Å²) in [5.41, 5.74) is -1.46. The number of aliphatic hydroxyl groups is 2. The number of halogens is 2. The third-order valence-corrected chi connectivity index (χ3v) is 2.39. The van der Waals surface area contributed by atoms with Crippen molar-refractivity contribution in [3.05, 3.63) is 35.9 Å². The molecule has 0 aliphatic rings. The van der Waals surface area contributed by atoms with E-state index in [9.17, 15) is 13.9 Å². The molecule has 0 heterocycles. The van der Waals surface area contributed by atoms with Crippen LogP contribution in [-0.4, -0.2) is 35.5 Å². The normalized spacial score (nSPS) is 15.6. The molecule has 0 aliphatic carbocycles. The Morgan fingerprint density at radius 1 is 1.18 bits per heavy atom. The van der Waals surface area contributed by atoms with Gasteiger partial charge in [0.05, 0.1) is 18.8 Å². The van der Waals surface area contributed by atoms with Crippen LogP contribution in [0.4, 0.5) is 8.78 Å². The van der Waals surface area contributed by atoms with Crippen molar-refractivity contribution in [2.45, 2.75) is 18.4 Å². The first-order valence-corrected chi connectivity index (χ1v) is 5.35. The Balaban J connectivity index is 2.51. The number of hydrogen-bond acceptors (Lipinski definition) is 3. The summed E-state index contributed by atoms with van der Waals surface area (Å²) >= 11 is 0. The zero-order valence-electron chi connectivity index (χ0n) is 9.66. The summed E-state index contributed by atoms with van der Waals surface area (Å²) in [4.78, 5) is 0. The van der Waals surface area contributed by atoms with Crippen LogP contribution in [0.2, 0.25) is 0 Å². The highest BCUT2D eigenvalue weighted by Crippen LogP contribution is 2.26. The molecule has 1 aromatic rings. The van der Waals surface area contributed by atoms with Crippen LogP contribution in [0.3, 0.4) is 0 Å².